The number of amides is 1. The molecule has 2 fully saturated rings. The average molecular weight is 272 g/mol. The molecule has 4 heteroatoms. The predicted octanol–water partition coefficient (Wildman–Crippen LogP) is 2.85. The van der Waals surface area contributed by atoms with Crippen molar-refractivity contribution in [2.75, 3.05) is 7.11 Å². The van der Waals surface area contributed by atoms with Crippen LogP contribution in [0.15, 0.2) is 29.4 Å². The van der Waals surface area contributed by atoms with Gasteiger partial charge >= 0.3 is 0 Å². The van der Waals surface area contributed by atoms with Gasteiger partial charge in [0.2, 0.25) is 0 Å². The largest absolute Gasteiger partial charge is 0.497 e. The van der Waals surface area contributed by atoms with E-state index in [1.54, 1.807) is 25.3 Å². The van der Waals surface area contributed by atoms with Crippen LogP contribution in [0.5, 0.6) is 5.75 Å². The van der Waals surface area contributed by atoms with Crippen LogP contribution in [0.25, 0.3) is 0 Å². The molecule has 0 heterocycles. The monoisotopic (exact) mass is 272 g/mol. The van der Waals surface area contributed by atoms with Crippen molar-refractivity contribution in [2.24, 2.45) is 22.9 Å². The molecule has 3 rings (SSSR count). The number of rotatable bonds is 4. The van der Waals surface area contributed by atoms with Crippen LogP contribution in [-0.4, -0.2) is 19.2 Å². The molecule has 0 aromatic heterocycles. The van der Waals surface area contributed by atoms with Crippen molar-refractivity contribution in [2.45, 2.75) is 25.7 Å². The van der Waals surface area contributed by atoms with Gasteiger partial charge in [-0.1, -0.05) is 12.5 Å². The molecule has 1 N–H and O–H groups in total. The molecule has 0 radical (unpaired) electrons. The van der Waals surface area contributed by atoms with Crippen LogP contribution < -0.4 is 10.2 Å². The Balaban J connectivity index is 1.56. The summed E-state index contributed by atoms with van der Waals surface area (Å²) >= 11 is 0. The fraction of sp³-hybridized carbons (Fsp3) is 0.500. The third-order valence-electron chi connectivity index (χ3n) is 4.56. The van der Waals surface area contributed by atoms with Crippen LogP contribution in [0, 0.1) is 17.8 Å². The number of hydrazone groups is 1. The van der Waals surface area contributed by atoms with Gasteiger partial charge < -0.3 is 4.74 Å². The molecule has 3 atom stereocenters. The fourth-order valence-electron chi connectivity index (χ4n) is 3.50. The number of fused-ring (bicyclic) bond motifs is 2. The van der Waals surface area contributed by atoms with Crippen LogP contribution in [0.2, 0.25) is 0 Å². The van der Waals surface area contributed by atoms with E-state index in [1.165, 1.54) is 25.7 Å². The van der Waals surface area contributed by atoms with E-state index in [4.69, 9.17) is 4.74 Å². The van der Waals surface area contributed by atoms with Crippen molar-refractivity contribution in [3.63, 3.8) is 0 Å². The number of ether oxygens (including phenoxy) is 1. The van der Waals surface area contributed by atoms with Crippen LogP contribution in [0.1, 0.15) is 36.0 Å². The second-order valence-corrected chi connectivity index (χ2v) is 5.79. The van der Waals surface area contributed by atoms with Crippen LogP contribution in [0.3, 0.4) is 0 Å². The SMILES string of the molecule is COc1cccc(C(=O)N/N=C/C2CC3CCC2C3)c1. The molecule has 0 aliphatic heterocycles. The maximum atomic E-state index is 12.0. The van der Waals surface area contributed by atoms with E-state index in [9.17, 15) is 4.79 Å². The maximum Gasteiger partial charge on any atom is 0.271 e. The number of hydrogen-bond donors (Lipinski definition) is 1. The van der Waals surface area contributed by atoms with Gasteiger partial charge in [0.05, 0.1) is 7.11 Å². The highest BCUT2D eigenvalue weighted by molar-refractivity contribution is 5.94. The molecule has 3 unspecified atom stereocenters. The third kappa shape index (κ3) is 2.69. The second-order valence-electron chi connectivity index (χ2n) is 5.79. The minimum Gasteiger partial charge on any atom is -0.497 e. The van der Waals surface area contributed by atoms with Gasteiger partial charge in [-0.3, -0.25) is 4.79 Å². The Morgan fingerprint density at radius 2 is 2.30 bits per heavy atom. The highest BCUT2D eigenvalue weighted by Gasteiger charge is 2.38. The summed E-state index contributed by atoms with van der Waals surface area (Å²) in [4.78, 5) is 12.0. The quantitative estimate of drug-likeness (QED) is 0.677. The number of carbonyl (C=O) groups excluding carboxylic acids is 1. The molecule has 1 amide bonds. The molecule has 0 saturated heterocycles. The summed E-state index contributed by atoms with van der Waals surface area (Å²) in [7, 11) is 1.59. The molecule has 2 aliphatic carbocycles. The molecule has 2 aliphatic rings. The first-order valence-electron chi connectivity index (χ1n) is 7.24. The maximum absolute atomic E-state index is 12.0. The molecule has 2 saturated carbocycles. The summed E-state index contributed by atoms with van der Waals surface area (Å²) in [5.41, 5.74) is 3.18. The van der Waals surface area contributed by atoms with Crippen molar-refractivity contribution < 1.29 is 9.53 Å². The Labute approximate surface area is 119 Å². The summed E-state index contributed by atoms with van der Waals surface area (Å²) in [6.07, 6.45) is 7.22. The number of nitrogens with one attached hydrogen (secondary N) is 1. The van der Waals surface area contributed by atoms with E-state index in [-0.39, 0.29) is 5.91 Å². The topological polar surface area (TPSA) is 50.7 Å². The molecule has 1 aromatic rings. The highest BCUT2D eigenvalue weighted by atomic mass is 16.5. The van der Waals surface area contributed by atoms with Gasteiger partial charge in [-0.15, -0.1) is 0 Å². The molecule has 2 bridgehead atoms. The van der Waals surface area contributed by atoms with Gasteiger partial charge in [0.25, 0.3) is 5.91 Å². The first-order valence-corrected chi connectivity index (χ1v) is 7.24. The van der Waals surface area contributed by atoms with E-state index in [0.29, 0.717) is 17.2 Å². The lowest BCUT2D eigenvalue weighted by molar-refractivity contribution is 0.0954. The zero-order valence-corrected chi connectivity index (χ0v) is 11.7. The van der Waals surface area contributed by atoms with Crippen LogP contribution >= 0.6 is 0 Å². The number of methoxy groups -OCH3 is 1. The Kier molecular flexibility index (Phi) is 3.72. The van der Waals surface area contributed by atoms with Crippen molar-refractivity contribution in [1.29, 1.82) is 0 Å². The lowest BCUT2D eigenvalue weighted by atomic mass is 9.90. The first-order chi connectivity index (χ1) is 9.76. The van der Waals surface area contributed by atoms with Crippen molar-refractivity contribution >= 4 is 12.1 Å². The first kappa shape index (κ1) is 13.2. The van der Waals surface area contributed by atoms with Gasteiger partial charge in [0, 0.05) is 11.8 Å². The summed E-state index contributed by atoms with van der Waals surface area (Å²) in [5, 5.41) is 4.14. The highest BCUT2D eigenvalue weighted by Crippen LogP contribution is 2.47. The lowest BCUT2D eigenvalue weighted by Gasteiger charge is -2.16. The third-order valence-corrected chi connectivity index (χ3v) is 4.56. The molecule has 106 valence electrons. The van der Waals surface area contributed by atoms with Crippen molar-refractivity contribution in [1.82, 2.24) is 5.43 Å². The Morgan fingerprint density at radius 3 is 3.00 bits per heavy atom. The van der Waals surface area contributed by atoms with E-state index >= 15 is 0 Å². The fourth-order valence-corrected chi connectivity index (χ4v) is 3.50. The smallest absolute Gasteiger partial charge is 0.271 e. The zero-order chi connectivity index (χ0) is 13.9. The van der Waals surface area contributed by atoms with Gasteiger partial charge in [0.15, 0.2) is 0 Å². The van der Waals surface area contributed by atoms with Gasteiger partial charge in [-0.05, 0) is 55.2 Å². The molecule has 1 aromatic carbocycles. The zero-order valence-electron chi connectivity index (χ0n) is 11.7. The van der Waals surface area contributed by atoms with Crippen LogP contribution in [0.4, 0.5) is 0 Å². The predicted molar refractivity (Wildman–Crippen MR) is 77.9 cm³/mol. The van der Waals surface area contributed by atoms with E-state index in [1.807, 2.05) is 12.3 Å². The minimum atomic E-state index is -0.191. The van der Waals surface area contributed by atoms with E-state index in [0.717, 1.165) is 11.8 Å². The molecular weight excluding hydrogens is 252 g/mol. The average Bonchev–Trinajstić information content (AvgIpc) is 3.10. The van der Waals surface area contributed by atoms with Crippen molar-refractivity contribution in [3.8, 4) is 5.75 Å². The van der Waals surface area contributed by atoms with Gasteiger partial charge in [-0.2, -0.15) is 5.10 Å². The minimum absolute atomic E-state index is 0.191. The Morgan fingerprint density at radius 1 is 1.40 bits per heavy atom. The van der Waals surface area contributed by atoms with E-state index in [2.05, 4.69) is 10.5 Å². The lowest BCUT2D eigenvalue weighted by Crippen LogP contribution is -2.20. The number of carbonyl (C=O) groups is 1. The summed E-state index contributed by atoms with van der Waals surface area (Å²) in [5.74, 6) is 2.72. The molecule has 20 heavy (non-hydrogen) atoms. The number of benzene rings is 1. The second kappa shape index (κ2) is 5.65. The molecular formula is C16H20N2O2. The summed E-state index contributed by atoms with van der Waals surface area (Å²) < 4.78 is 5.11. The Hall–Kier alpha value is -1.84. The molecule has 4 nitrogen and oxygen atoms in total. The standard InChI is InChI=1S/C16H20N2O2/c1-20-15-4-2-3-13(9-15)16(19)18-17-10-14-8-11-5-6-12(14)7-11/h2-4,9-12,14H,5-8H2,1H3,(H,18,19)/b17-10+. The normalized spacial score (nSPS) is 27.9. The summed E-state index contributed by atoms with van der Waals surface area (Å²) in [6.45, 7) is 0. The van der Waals surface area contributed by atoms with Gasteiger partial charge in [0.1, 0.15) is 5.75 Å². The molecule has 0 spiro atoms. The number of nitrogens with zero attached hydrogens (tertiary/aromatic N) is 1. The van der Waals surface area contributed by atoms with Gasteiger partial charge in [-0.25, -0.2) is 5.43 Å². The number of hydrogen-bond acceptors (Lipinski definition) is 3. The summed E-state index contributed by atoms with van der Waals surface area (Å²) in [6, 6.07) is 7.08. The van der Waals surface area contributed by atoms with Crippen molar-refractivity contribution in [3.05, 3.63) is 29.8 Å². The van der Waals surface area contributed by atoms with E-state index < -0.39 is 0 Å². The Bertz CT molecular complexity index is 527. The van der Waals surface area contributed by atoms with Crippen LogP contribution in [-0.2, 0) is 0 Å².